The van der Waals surface area contributed by atoms with Crippen LogP contribution in [0.3, 0.4) is 0 Å². The van der Waals surface area contributed by atoms with Crippen LogP contribution in [0.5, 0.6) is 0 Å². The minimum absolute atomic E-state index is 1.22. The monoisotopic (exact) mass is 672 g/mol. The molecule has 248 valence electrons. The van der Waals surface area contributed by atoms with Gasteiger partial charge in [0.1, 0.15) is 0 Å². The Morgan fingerprint density at radius 2 is 0.491 bits per heavy atom. The van der Waals surface area contributed by atoms with Crippen LogP contribution in [0, 0.1) is 6.92 Å². The smallest absolute Gasteiger partial charge is 0.00261 e. The summed E-state index contributed by atoms with van der Waals surface area (Å²) in [6.07, 6.45) is 0. The molecule has 0 spiro atoms. The lowest BCUT2D eigenvalue weighted by Gasteiger charge is -2.21. The van der Waals surface area contributed by atoms with Crippen molar-refractivity contribution in [1.29, 1.82) is 0 Å². The predicted octanol–water partition coefficient (Wildman–Crippen LogP) is 14.9. The zero-order valence-corrected chi connectivity index (χ0v) is 29.6. The van der Waals surface area contributed by atoms with Gasteiger partial charge in [0.05, 0.1) is 0 Å². The fourth-order valence-corrected chi connectivity index (χ4v) is 8.49. The molecule has 0 aromatic heterocycles. The van der Waals surface area contributed by atoms with Crippen molar-refractivity contribution in [2.75, 3.05) is 0 Å². The van der Waals surface area contributed by atoms with Gasteiger partial charge in [-0.15, -0.1) is 0 Å². The third kappa shape index (κ3) is 5.22. The van der Waals surface area contributed by atoms with E-state index >= 15 is 0 Å². The van der Waals surface area contributed by atoms with Crippen molar-refractivity contribution in [1.82, 2.24) is 0 Å². The molecule has 0 heteroatoms. The Kier molecular flexibility index (Phi) is 7.48. The summed E-state index contributed by atoms with van der Waals surface area (Å²) in [6, 6.07) is 73.7. The molecule has 0 unspecified atom stereocenters. The van der Waals surface area contributed by atoms with Crippen molar-refractivity contribution in [2.24, 2.45) is 0 Å². The second-order valence-corrected chi connectivity index (χ2v) is 14.1. The SMILES string of the molecule is Cc1ccc(-c2c3ccccc3c(-c3ccc(-c4ccccc4)cc3)c3ccc(-c4c5ccccc5c(-c5ccccc5)c5ccccc45)cc23)cc1. The number of hydrogen-bond acceptors (Lipinski definition) is 0. The molecular weight excluding hydrogens is 637 g/mol. The predicted molar refractivity (Wildman–Crippen MR) is 228 cm³/mol. The molecule has 0 heterocycles. The van der Waals surface area contributed by atoms with E-state index in [1.54, 1.807) is 0 Å². The molecule has 0 saturated heterocycles. The fraction of sp³-hybridized carbons (Fsp3) is 0.0189. The van der Waals surface area contributed by atoms with Gasteiger partial charge in [0.15, 0.2) is 0 Å². The molecule has 0 aliphatic heterocycles. The average molecular weight is 673 g/mol. The topological polar surface area (TPSA) is 0 Å². The molecule has 10 rings (SSSR count). The highest BCUT2D eigenvalue weighted by Gasteiger charge is 2.20. The van der Waals surface area contributed by atoms with Crippen LogP contribution in [0.15, 0.2) is 200 Å². The number of fused-ring (bicyclic) bond motifs is 4. The standard InChI is InChI=1S/C53H36/c1-35-24-26-39(27-25-35)52-45-21-11-8-18-42(45)51(40-30-28-37(29-31-40)36-14-4-2-5-15-36)48-33-32-41(34-49(48)52)53-46-22-12-9-19-43(46)50(38-16-6-3-7-17-38)44-20-10-13-23-47(44)53/h2-34H,1H3. The van der Waals surface area contributed by atoms with Crippen LogP contribution in [0.2, 0.25) is 0 Å². The molecule has 10 aromatic carbocycles. The van der Waals surface area contributed by atoms with Gasteiger partial charge in [-0.25, -0.2) is 0 Å². The molecule has 10 aromatic rings. The lowest BCUT2D eigenvalue weighted by atomic mass is 9.82. The first-order chi connectivity index (χ1) is 26.2. The molecule has 53 heavy (non-hydrogen) atoms. The van der Waals surface area contributed by atoms with Gasteiger partial charge < -0.3 is 0 Å². The van der Waals surface area contributed by atoms with Crippen LogP contribution < -0.4 is 0 Å². The second kappa shape index (κ2) is 12.8. The van der Waals surface area contributed by atoms with Gasteiger partial charge in [-0.1, -0.05) is 200 Å². The number of benzene rings is 10. The first kappa shape index (κ1) is 31.0. The molecule has 0 bridgehead atoms. The van der Waals surface area contributed by atoms with Crippen molar-refractivity contribution in [3.8, 4) is 55.6 Å². The molecule has 0 fully saturated rings. The van der Waals surface area contributed by atoms with E-state index in [0.717, 1.165) is 0 Å². The Hall–Kier alpha value is -6.76. The maximum Gasteiger partial charge on any atom is -0.00261 e. The van der Waals surface area contributed by atoms with Crippen molar-refractivity contribution >= 4 is 43.1 Å². The minimum Gasteiger partial charge on any atom is -0.0622 e. The first-order valence-electron chi connectivity index (χ1n) is 18.4. The number of aryl methyl sites for hydroxylation is 1. The average Bonchev–Trinajstić information content (AvgIpc) is 3.23. The van der Waals surface area contributed by atoms with E-state index in [1.807, 2.05) is 0 Å². The number of hydrogen-bond donors (Lipinski definition) is 0. The van der Waals surface area contributed by atoms with Gasteiger partial charge in [0.25, 0.3) is 0 Å². The summed E-state index contributed by atoms with van der Waals surface area (Å²) in [7, 11) is 0. The van der Waals surface area contributed by atoms with E-state index in [0.29, 0.717) is 0 Å². The van der Waals surface area contributed by atoms with E-state index in [4.69, 9.17) is 0 Å². The lowest BCUT2D eigenvalue weighted by Crippen LogP contribution is -1.93. The van der Waals surface area contributed by atoms with Gasteiger partial charge in [0, 0.05) is 0 Å². The number of rotatable bonds is 5. The highest BCUT2D eigenvalue weighted by molar-refractivity contribution is 6.25. The van der Waals surface area contributed by atoms with E-state index in [-0.39, 0.29) is 0 Å². The maximum atomic E-state index is 2.47. The van der Waals surface area contributed by atoms with Gasteiger partial charge in [-0.05, 0) is 112 Å². The first-order valence-corrected chi connectivity index (χ1v) is 18.4. The highest BCUT2D eigenvalue weighted by Crippen LogP contribution is 2.48. The molecular formula is C53H36. The van der Waals surface area contributed by atoms with E-state index in [2.05, 4.69) is 207 Å². The Morgan fingerprint density at radius 1 is 0.208 bits per heavy atom. The van der Waals surface area contributed by atoms with Crippen LogP contribution in [-0.2, 0) is 0 Å². The Balaban J connectivity index is 1.30. The highest BCUT2D eigenvalue weighted by atomic mass is 14.2. The summed E-state index contributed by atoms with van der Waals surface area (Å²) in [6.45, 7) is 2.16. The molecule has 0 aliphatic rings. The van der Waals surface area contributed by atoms with Gasteiger partial charge in [-0.2, -0.15) is 0 Å². The third-order valence-electron chi connectivity index (χ3n) is 10.9. The summed E-state index contributed by atoms with van der Waals surface area (Å²) in [4.78, 5) is 0. The van der Waals surface area contributed by atoms with Crippen molar-refractivity contribution < 1.29 is 0 Å². The fourth-order valence-electron chi connectivity index (χ4n) is 8.49. The second-order valence-electron chi connectivity index (χ2n) is 14.1. The lowest BCUT2D eigenvalue weighted by molar-refractivity contribution is 1.47. The van der Waals surface area contributed by atoms with Crippen molar-refractivity contribution in [3.05, 3.63) is 206 Å². The van der Waals surface area contributed by atoms with Gasteiger partial charge in [-0.3, -0.25) is 0 Å². The molecule has 0 nitrogen and oxygen atoms in total. The third-order valence-corrected chi connectivity index (χ3v) is 10.9. The Morgan fingerprint density at radius 3 is 0.962 bits per heavy atom. The van der Waals surface area contributed by atoms with Crippen LogP contribution in [-0.4, -0.2) is 0 Å². The molecule has 0 radical (unpaired) electrons. The Labute approximate surface area is 310 Å². The van der Waals surface area contributed by atoms with Crippen LogP contribution in [0.4, 0.5) is 0 Å². The Bertz CT molecular complexity index is 2900. The molecule has 0 atom stereocenters. The van der Waals surface area contributed by atoms with Gasteiger partial charge >= 0.3 is 0 Å². The largest absolute Gasteiger partial charge is 0.0622 e. The summed E-state index contributed by atoms with van der Waals surface area (Å²) < 4.78 is 0. The molecule has 0 amide bonds. The van der Waals surface area contributed by atoms with Crippen molar-refractivity contribution in [3.63, 3.8) is 0 Å². The summed E-state index contributed by atoms with van der Waals surface area (Å²) >= 11 is 0. The van der Waals surface area contributed by atoms with Gasteiger partial charge in [0.2, 0.25) is 0 Å². The summed E-state index contributed by atoms with van der Waals surface area (Å²) in [5.41, 5.74) is 13.7. The normalized spacial score (nSPS) is 11.5. The summed E-state index contributed by atoms with van der Waals surface area (Å²) in [5.74, 6) is 0. The molecule has 0 saturated carbocycles. The summed E-state index contributed by atoms with van der Waals surface area (Å²) in [5, 5.41) is 10.1. The van der Waals surface area contributed by atoms with E-state index in [9.17, 15) is 0 Å². The van der Waals surface area contributed by atoms with Crippen LogP contribution >= 0.6 is 0 Å². The minimum atomic E-state index is 1.22. The zero-order chi connectivity index (χ0) is 35.3. The molecule has 0 N–H and O–H groups in total. The van der Waals surface area contributed by atoms with Crippen LogP contribution in [0.1, 0.15) is 5.56 Å². The van der Waals surface area contributed by atoms with Crippen LogP contribution in [0.25, 0.3) is 98.7 Å². The zero-order valence-electron chi connectivity index (χ0n) is 29.6. The van der Waals surface area contributed by atoms with E-state index in [1.165, 1.54) is 104 Å². The quantitative estimate of drug-likeness (QED) is 0.160. The van der Waals surface area contributed by atoms with E-state index < -0.39 is 0 Å². The molecule has 0 aliphatic carbocycles. The maximum absolute atomic E-state index is 2.47. The van der Waals surface area contributed by atoms with Crippen molar-refractivity contribution in [2.45, 2.75) is 6.92 Å².